The van der Waals surface area contributed by atoms with Crippen LogP contribution in [0.2, 0.25) is 0 Å². The van der Waals surface area contributed by atoms with E-state index in [9.17, 15) is 4.79 Å². The molecule has 1 fully saturated rings. The Morgan fingerprint density at radius 1 is 1.00 bits per heavy atom. The molecule has 1 amide bonds. The van der Waals surface area contributed by atoms with Gasteiger partial charge in [-0.05, 0) is 29.1 Å². The third-order valence-electron chi connectivity index (χ3n) is 5.38. The first-order valence-electron chi connectivity index (χ1n) is 9.83. The van der Waals surface area contributed by atoms with Gasteiger partial charge in [0, 0.05) is 16.9 Å². The Morgan fingerprint density at radius 2 is 1.76 bits per heavy atom. The summed E-state index contributed by atoms with van der Waals surface area (Å²) in [6.07, 6.45) is 1.46. The summed E-state index contributed by atoms with van der Waals surface area (Å²) in [4.78, 5) is 20.0. The molecule has 1 aromatic heterocycles. The van der Waals surface area contributed by atoms with Gasteiger partial charge in [0.15, 0.2) is 5.82 Å². The van der Waals surface area contributed by atoms with Gasteiger partial charge in [0.05, 0.1) is 6.42 Å². The summed E-state index contributed by atoms with van der Waals surface area (Å²) < 4.78 is 0. The lowest BCUT2D eigenvalue weighted by Gasteiger charge is -2.20. The predicted octanol–water partition coefficient (Wildman–Crippen LogP) is 2.09. The van der Waals surface area contributed by atoms with Crippen LogP contribution in [-0.4, -0.2) is 29.1 Å². The van der Waals surface area contributed by atoms with Crippen molar-refractivity contribution in [3.8, 4) is 0 Å². The molecular weight excluding hydrogens is 378 g/mol. The first kappa shape index (κ1) is 17.9. The molecule has 2 aliphatic rings. The Labute approximate surface area is 174 Å². The average molecular weight is 401 g/mol. The molecule has 29 heavy (non-hydrogen) atoms. The van der Waals surface area contributed by atoms with Gasteiger partial charge in [-0.25, -0.2) is 4.99 Å². The number of benzene rings is 2. The highest BCUT2D eigenvalue weighted by Gasteiger charge is 2.42. The van der Waals surface area contributed by atoms with Crippen LogP contribution in [0.1, 0.15) is 16.0 Å². The number of thiophene rings is 1. The SMILES string of the molecule is O=C1C(Cc2cccs2)NC2=C(Cc3ccccc3)[NH+]=C(c3ccccc3)CN12. The number of nitrogens with one attached hydrogen (secondary N) is 2. The van der Waals surface area contributed by atoms with Crippen LogP contribution in [-0.2, 0) is 17.6 Å². The largest absolute Gasteiger partial charge is 0.354 e. The van der Waals surface area contributed by atoms with Crippen molar-refractivity contribution in [3.05, 3.63) is 106 Å². The molecule has 4 nitrogen and oxygen atoms in total. The van der Waals surface area contributed by atoms with Crippen molar-refractivity contribution in [3.63, 3.8) is 0 Å². The summed E-state index contributed by atoms with van der Waals surface area (Å²) >= 11 is 1.70. The quantitative estimate of drug-likeness (QED) is 0.689. The molecule has 3 aromatic rings. The molecule has 144 valence electrons. The monoisotopic (exact) mass is 400 g/mol. The second-order valence-electron chi connectivity index (χ2n) is 7.36. The fourth-order valence-electron chi connectivity index (χ4n) is 3.95. The molecule has 3 heterocycles. The zero-order chi connectivity index (χ0) is 19.6. The molecule has 1 saturated heterocycles. The number of hydrogen-bond acceptors (Lipinski definition) is 3. The topological polar surface area (TPSA) is 46.3 Å². The number of carbonyl (C=O) groups excluding carboxylic acids is 1. The van der Waals surface area contributed by atoms with Gasteiger partial charge in [-0.3, -0.25) is 9.69 Å². The maximum absolute atomic E-state index is 13.2. The zero-order valence-corrected chi connectivity index (χ0v) is 16.8. The zero-order valence-electron chi connectivity index (χ0n) is 16.0. The molecule has 0 saturated carbocycles. The molecule has 0 spiro atoms. The highest BCUT2D eigenvalue weighted by Crippen LogP contribution is 2.23. The molecule has 5 rings (SSSR count). The van der Waals surface area contributed by atoms with Crippen molar-refractivity contribution in [2.24, 2.45) is 0 Å². The van der Waals surface area contributed by atoms with Crippen LogP contribution < -0.4 is 10.3 Å². The highest BCUT2D eigenvalue weighted by atomic mass is 32.1. The molecule has 0 bridgehead atoms. The molecule has 0 radical (unpaired) electrons. The number of carbonyl (C=O) groups is 1. The number of fused-ring (bicyclic) bond motifs is 1. The van der Waals surface area contributed by atoms with Gasteiger partial charge in [-0.15, -0.1) is 11.3 Å². The van der Waals surface area contributed by atoms with E-state index in [-0.39, 0.29) is 11.9 Å². The van der Waals surface area contributed by atoms with Crippen LogP contribution in [0.4, 0.5) is 0 Å². The Morgan fingerprint density at radius 3 is 2.48 bits per heavy atom. The fraction of sp³-hybridized carbons (Fsp3) is 0.167. The van der Waals surface area contributed by atoms with Gasteiger partial charge in [0.2, 0.25) is 11.4 Å². The summed E-state index contributed by atoms with van der Waals surface area (Å²) in [5.41, 5.74) is 4.44. The van der Waals surface area contributed by atoms with Crippen LogP contribution in [0.5, 0.6) is 0 Å². The predicted molar refractivity (Wildman–Crippen MR) is 115 cm³/mol. The Balaban J connectivity index is 1.50. The van der Waals surface area contributed by atoms with Crippen molar-refractivity contribution in [2.75, 3.05) is 6.54 Å². The number of nitrogens with zero attached hydrogens (tertiary/aromatic N) is 1. The van der Waals surface area contributed by atoms with Crippen molar-refractivity contribution in [1.82, 2.24) is 10.2 Å². The van der Waals surface area contributed by atoms with E-state index in [4.69, 9.17) is 0 Å². The third-order valence-corrected chi connectivity index (χ3v) is 6.28. The van der Waals surface area contributed by atoms with E-state index in [1.54, 1.807) is 11.3 Å². The van der Waals surface area contributed by atoms with Gasteiger partial charge in [-0.1, -0.05) is 54.6 Å². The van der Waals surface area contributed by atoms with E-state index >= 15 is 0 Å². The van der Waals surface area contributed by atoms with Crippen LogP contribution in [0.3, 0.4) is 0 Å². The van der Waals surface area contributed by atoms with E-state index in [0.717, 1.165) is 35.6 Å². The van der Waals surface area contributed by atoms with Crippen LogP contribution in [0.15, 0.2) is 89.7 Å². The van der Waals surface area contributed by atoms with E-state index < -0.39 is 0 Å². The maximum Gasteiger partial charge on any atom is 0.251 e. The minimum atomic E-state index is -0.216. The van der Waals surface area contributed by atoms with Crippen molar-refractivity contribution in [2.45, 2.75) is 18.9 Å². The van der Waals surface area contributed by atoms with E-state index in [1.807, 2.05) is 35.2 Å². The molecule has 2 N–H and O–H groups in total. The number of rotatable bonds is 5. The summed E-state index contributed by atoms with van der Waals surface area (Å²) in [5, 5.41) is 5.57. The highest BCUT2D eigenvalue weighted by molar-refractivity contribution is 7.09. The summed E-state index contributed by atoms with van der Waals surface area (Å²) in [7, 11) is 0. The van der Waals surface area contributed by atoms with Gasteiger partial charge in [0.1, 0.15) is 12.6 Å². The van der Waals surface area contributed by atoms with E-state index in [2.05, 4.69) is 58.2 Å². The number of amides is 1. The first-order chi connectivity index (χ1) is 14.3. The minimum Gasteiger partial charge on any atom is -0.354 e. The fourth-order valence-corrected chi connectivity index (χ4v) is 4.70. The van der Waals surface area contributed by atoms with Crippen molar-refractivity contribution >= 4 is 23.0 Å². The van der Waals surface area contributed by atoms with Gasteiger partial charge >= 0.3 is 0 Å². The molecule has 1 atom stereocenters. The molecule has 5 heteroatoms. The maximum atomic E-state index is 13.2. The van der Waals surface area contributed by atoms with Gasteiger partial charge < -0.3 is 5.32 Å². The van der Waals surface area contributed by atoms with Gasteiger partial charge in [-0.2, -0.15) is 0 Å². The summed E-state index contributed by atoms with van der Waals surface area (Å²) in [6.45, 7) is 0.560. The van der Waals surface area contributed by atoms with E-state index in [1.165, 1.54) is 10.4 Å². The lowest BCUT2D eigenvalue weighted by atomic mass is 10.1. The normalized spacial score (nSPS) is 18.5. The number of allylic oxidation sites excluding steroid dienone is 1. The molecular formula is C24H22N3OS+. The summed E-state index contributed by atoms with van der Waals surface area (Å²) in [5.74, 6) is 1.06. The molecule has 2 aliphatic heterocycles. The second kappa shape index (κ2) is 7.68. The van der Waals surface area contributed by atoms with Crippen LogP contribution in [0, 0.1) is 0 Å². The Bertz CT molecular complexity index is 1070. The average Bonchev–Trinajstić information content (AvgIpc) is 3.38. The Kier molecular flexibility index (Phi) is 4.74. The standard InChI is InChI=1S/C24H21N3OS/c28-24-21(15-19-12-7-13-29-19)26-23-20(14-17-8-3-1-4-9-17)25-22(16-27(23)24)18-10-5-2-6-11-18/h1-13,21,26H,14-16H2/p+1. The summed E-state index contributed by atoms with van der Waals surface area (Å²) in [6, 6.07) is 24.5. The number of hydrogen-bond donors (Lipinski definition) is 2. The van der Waals surface area contributed by atoms with Crippen LogP contribution in [0.25, 0.3) is 0 Å². The van der Waals surface area contributed by atoms with Gasteiger partial charge in [0.25, 0.3) is 5.91 Å². The van der Waals surface area contributed by atoms with E-state index in [0.29, 0.717) is 6.54 Å². The van der Waals surface area contributed by atoms with Crippen molar-refractivity contribution < 1.29 is 9.79 Å². The second-order valence-corrected chi connectivity index (χ2v) is 8.40. The lowest BCUT2D eigenvalue weighted by molar-refractivity contribution is -0.406. The Hall–Kier alpha value is -3.18. The molecule has 2 aromatic carbocycles. The van der Waals surface area contributed by atoms with Crippen molar-refractivity contribution in [1.29, 1.82) is 0 Å². The lowest BCUT2D eigenvalue weighted by Crippen LogP contribution is -2.76. The minimum absolute atomic E-state index is 0.147. The molecule has 0 aliphatic carbocycles. The molecule has 1 unspecified atom stereocenters. The van der Waals surface area contributed by atoms with Crippen LogP contribution >= 0.6 is 11.3 Å². The first-order valence-corrected chi connectivity index (χ1v) is 10.7. The third kappa shape index (κ3) is 3.61. The smallest absolute Gasteiger partial charge is 0.251 e.